The quantitative estimate of drug-likeness (QED) is 0.551. The lowest BCUT2D eigenvalue weighted by Gasteiger charge is -2.08. The van der Waals surface area contributed by atoms with Crippen molar-refractivity contribution in [2.45, 2.75) is 19.8 Å². The van der Waals surface area contributed by atoms with Gasteiger partial charge in [0, 0.05) is 18.8 Å². The summed E-state index contributed by atoms with van der Waals surface area (Å²) in [6.45, 7) is 3.37. The molecule has 0 amide bonds. The van der Waals surface area contributed by atoms with E-state index in [0.29, 0.717) is 19.6 Å². The van der Waals surface area contributed by atoms with Gasteiger partial charge in [0.25, 0.3) is 0 Å². The Morgan fingerprint density at radius 2 is 1.54 bits per heavy atom. The lowest BCUT2D eigenvalue weighted by Crippen LogP contribution is -2.01. The summed E-state index contributed by atoms with van der Waals surface area (Å²) in [6.07, 6.45) is 1.54. The Labute approximate surface area is 154 Å². The van der Waals surface area contributed by atoms with Gasteiger partial charge in [-0.1, -0.05) is 12.1 Å². The summed E-state index contributed by atoms with van der Waals surface area (Å²) in [5.41, 5.74) is 2.23. The van der Waals surface area contributed by atoms with Crippen molar-refractivity contribution in [3.63, 3.8) is 0 Å². The second-order valence-corrected chi connectivity index (χ2v) is 6.12. The molecule has 2 aromatic carbocycles. The maximum atomic E-state index is 8.71. The zero-order valence-corrected chi connectivity index (χ0v) is 15.0. The van der Waals surface area contributed by atoms with Crippen molar-refractivity contribution in [3.05, 3.63) is 72.0 Å². The first-order valence-corrected chi connectivity index (χ1v) is 8.87. The molecule has 0 aliphatic rings. The van der Waals surface area contributed by atoms with E-state index in [2.05, 4.69) is 0 Å². The predicted molar refractivity (Wildman–Crippen MR) is 102 cm³/mol. The fraction of sp³-hybridized carbons (Fsp3) is 0.273. The van der Waals surface area contributed by atoms with E-state index in [1.165, 1.54) is 5.56 Å². The first kappa shape index (κ1) is 18.2. The molecule has 26 heavy (non-hydrogen) atoms. The van der Waals surface area contributed by atoms with Crippen LogP contribution in [0.25, 0.3) is 11.3 Å². The number of ether oxygens (including phenoxy) is 2. The van der Waals surface area contributed by atoms with Gasteiger partial charge in [0.05, 0.1) is 6.61 Å². The van der Waals surface area contributed by atoms with E-state index in [0.717, 1.165) is 35.0 Å². The summed E-state index contributed by atoms with van der Waals surface area (Å²) in [5.74, 6) is 3.35. The number of aliphatic hydroxyl groups excluding tert-OH is 1. The summed E-state index contributed by atoms with van der Waals surface area (Å²) in [5, 5.41) is 8.71. The molecule has 1 N–H and O–H groups in total. The third-order valence-corrected chi connectivity index (χ3v) is 4.02. The van der Waals surface area contributed by atoms with Crippen LogP contribution in [0.5, 0.6) is 11.5 Å². The highest BCUT2D eigenvalue weighted by atomic mass is 16.5. The SMILES string of the molecule is Cc1ccc(-c2ccc(Oc3ccc(CCOCCCO)cc3)cc2)o1. The fourth-order valence-electron chi connectivity index (χ4n) is 2.60. The first-order chi connectivity index (χ1) is 12.7. The Hall–Kier alpha value is -2.56. The van der Waals surface area contributed by atoms with Crippen molar-refractivity contribution >= 4 is 0 Å². The van der Waals surface area contributed by atoms with Crippen LogP contribution in [0.4, 0.5) is 0 Å². The topological polar surface area (TPSA) is 51.8 Å². The van der Waals surface area contributed by atoms with Crippen LogP contribution in [0.3, 0.4) is 0 Å². The Morgan fingerprint density at radius 1 is 0.846 bits per heavy atom. The molecule has 0 atom stereocenters. The van der Waals surface area contributed by atoms with Crippen molar-refractivity contribution in [2.24, 2.45) is 0 Å². The molecule has 0 saturated carbocycles. The van der Waals surface area contributed by atoms with Gasteiger partial charge in [-0.2, -0.15) is 0 Å². The van der Waals surface area contributed by atoms with Crippen LogP contribution in [-0.4, -0.2) is 24.9 Å². The molecule has 0 bridgehead atoms. The summed E-state index contributed by atoms with van der Waals surface area (Å²) in [7, 11) is 0. The molecule has 1 heterocycles. The second-order valence-electron chi connectivity index (χ2n) is 6.12. The highest BCUT2D eigenvalue weighted by molar-refractivity contribution is 5.58. The lowest BCUT2D eigenvalue weighted by atomic mass is 10.1. The van der Waals surface area contributed by atoms with Crippen LogP contribution in [-0.2, 0) is 11.2 Å². The van der Waals surface area contributed by atoms with Crippen LogP contribution >= 0.6 is 0 Å². The maximum Gasteiger partial charge on any atom is 0.134 e. The molecule has 4 heteroatoms. The third-order valence-electron chi connectivity index (χ3n) is 4.02. The number of furan rings is 1. The zero-order valence-electron chi connectivity index (χ0n) is 15.0. The summed E-state index contributed by atoms with van der Waals surface area (Å²) in [4.78, 5) is 0. The average molecular weight is 352 g/mol. The van der Waals surface area contributed by atoms with Crippen molar-refractivity contribution in [1.29, 1.82) is 0 Å². The molecule has 0 fully saturated rings. The normalized spacial score (nSPS) is 10.8. The molecule has 0 aliphatic heterocycles. The predicted octanol–water partition coefficient (Wildman–Crippen LogP) is 4.99. The summed E-state index contributed by atoms with van der Waals surface area (Å²) < 4.78 is 17.0. The zero-order chi connectivity index (χ0) is 18.2. The number of benzene rings is 2. The van der Waals surface area contributed by atoms with E-state index in [4.69, 9.17) is 19.0 Å². The van der Waals surface area contributed by atoms with Crippen LogP contribution in [0.1, 0.15) is 17.7 Å². The third kappa shape index (κ3) is 5.22. The molecule has 0 aliphatic carbocycles. The Morgan fingerprint density at radius 3 is 2.15 bits per heavy atom. The van der Waals surface area contributed by atoms with Gasteiger partial charge in [0.2, 0.25) is 0 Å². The molecule has 1 aromatic heterocycles. The largest absolute Gasteiger partial charge is 0.461 e. The van der Waals surface area contributed by atoms with E-state index >= 15 is 0 Å². The summed E-state index contributed by atoms with van der Waals surface area (Å²) in [6, 6.07) is 19.8. The van der Waals surface area contributed by atoms with Crippen molar-refractivity contribution < 1.29 is 19.0 Å². The van der Waals surface area contributed by atoms with Crippen molar-refractivity contribution in [3.8, 4) is 22.8 Å². The number of hydrogen-bond acceptors (Lipinski definition) is 4. The van der Waals surface area contributed by atoms with Crippen LogP contribution in [0, 0.1) is 6.92 Å². The van der Waals surface area contributed by atoms with Gasteiger partial charge in [-0.05, 0) is 73.9 Å². The number of aryl methyl sites for hydroxylation is 1. The average Bonchev–Trinajstić information content (AvgIpc) is 3.10. The standard InChI is InChI=1S/C22H24O4/c1-17-3-12-22(25-17)19-6-10-21(11-7-19)26-20-8-4-18(5-9-20)13-16-24-15-2-14-23/h3-12,23H,2,13-16H2,1H3. The van der Waals surface area contributed by atoms with E-state index in [9.17, 15) is 0 Å². The number of rotatable bonds is 9. The highest BCUT2D eigenvalue weighted by Crippen LogP contribution is 2.27. The Balaban J connectivity index is 1.52. The van der Waals surface area contributed by atoms with Gasteiger partial charge in [0.1, 0.15) is 23.0 Å². The fourth-order valence-corrected chi connectivity index (χ4v) is 2.60. The van der Waals surface area contributed by atoms with Crippen molar-refractivity contribution in [1.82, 2.24) is 0 Å². The van der Waals surface area contributed by atoms with Crippen molar-refractivity contribution in [2.75, 3.05) is 19.8 Å². The lowest BCUT2D eigenvalue weighted by molar-refractivity contribution is 0.118. The van der Waals surface area contributed by atoms with Gasteiger partial charge in [-0.3, -0.25) is 0 Å². The highest BCUT2D eigenvalue weighted by Gasteiger charge is 2.04. The van der Waals surface area contributed by atoms with Crippen LogP contribution in [0.15, 0.2) is 65.1 Å². The monoisotopic (exact) mass is 352 g/mol. The molecule has 4 nitrogen and oxygen atoms in total. The van der Waals surface area contributed by atoms with Gasteiger partial charge in [-0.15, -0.1) is 0 Å². The first-order valence-electron chi connectivity index (χ1n) is 8.87. The smallest absolute Gasteiger partial charge is 0.134 e. The van der Waals surface area contributed by atoms with E-state index < -0.39 is 0 Å². The van der Waals surface area contributed by atoms with Gasteiger partial charge in [0.15, 0.2) is 0 Å². The number of hydrogen-bond donors (Lipinski definition) is 1. The number of aliphatic hydroxyl groups is 1. The van der Waals surface area contributed by atoms with Crippen LogP contribution < -0.4 is 4.74 Å². The second kappa shape index (κ2) is 9.22. The maximum absolute atomic E-state index is 8.71. The van der Waals surface area contributed by atoms with E-state index in [-0.39, 0.29) is 6.61 Å². The molecular weight excluding hydrogens is 328 g/mol. The van der Waals surface area contributed by atoms with Gasteiger partial charge >= 0.3 is 0 Å². The Bertz CT molecular complexity index is 788. The minimum atomic E-state index is 0.175. The molecule has 0 radical (unpaired) electrons. The molecule has 136 valence electrons. The molecular formula is C22H24O4. The summed E-state index contributed by atoms with van der Waals surface area (Å²) >= 11 is 0. The molecule has 3 rings (SSSR count). The Kier molecular flexibility index (Phi) is 6.47. The molecule has 3 aromatic rings. The van der Waals surface area contributed by atoms with Gasteiger partial charge in [-0.25, -0.2) is 0 Å². The van der Waals surface area contributed by atoms with E-state index in [1.807, 2.05) is 67.6 Å². The van der Waals surface area contributed by atoms with Gasteiger partial charge < -0.3 is 19.0 Å². The minimum absolute atomic E-state index is 0.175. The molecule has 0 spiro atoms. The van der Waals surface area contributed by atoms with Crippen LogP contribution in [0.2, 0.25) is 0 Å². The molecule has 0 unspecified atom stereocenters. The minimum Gasteiger partial charge on any atom is -0.461 e. The van der Waals surface area contributed by atoms with E-state index in [1.54, 1.807) is 0 Å². The molecule has 0 saturated heterocycles.